The number of hydrogen-bond acceptors (Lipinski definition) is 3. The first-order valence-electron chi connectivity index (χ1n) is 7.16. The van der Waals surface area contributed by atoms with Crippen molar-refractivity contribution < 1.29 is 4.79 Å². The van der Waals surface area contributed by atoms with Gasteiger partial charge >= 0.3 is 0 Å². The maximum Gasteiger partial charge on any atom is 0.269 e. The van der Waals surface area contributed by atoms with Crippen LogP contribution in [-0.2, 0) is 0 Å². The maximum absolute atomic E-state index is 11.8. The largest absolute Gasteiger partial charge is 0.381 e. The molecule has 1 heterocycles. The number of nitrogens with one attached hydrogen (secondary N) is 2. The van der Waals surface area contributed by atoms with Crippen molar-refractivity contribution in [1.82, 2.24) is 10.3 Å². The van der Waals surface area contributed by atoms with Crippen LogP contribution in [0.4, 0.5) is 5.69 Å². The molecule has 1 aliphatic rings. The van der Waals surface area contributed by atoms with E-state index in [1.54, 1.807) is 12.3 Å². The summed E-state index contributed by atoms with van der Waals surface area (Å²) >= 11 is 0. The molecule has 4 nitrogen and oxygen atoms in total. The number of anilines is 1. The Morgan fingerprint density at radius 3 is 2.68 bits per heavy atom. The second-order valence-corrected chi connectivity index (χ2v) is 5.66. The number of pyridine rings is 1. The summed E-state index contributed by atoms with van der Waals surface area (Å²) in [7, 11) is 0. The maximum atomic E-state index is 11.8. The van der Waals surface area contributed by atoms with E-state index in [-0.39, 0.29) is 5.91 Å². The zero-order valence-electron chi connectivity index (χ0n) is 11.8. The van der Waals surface area contributed by atoms with Gasteiger partial charge in [0.1, 0.15) is 5.69 Å². The summed E-state index contributed by atoms with van der Waals surface area (Å²) < 4.78 is 0. The molecule has 104 valence electrons. The van der Waals surface area contributed by atoms with Crippen molar-refractivity contribution in [2.24, 2.45) is 5.92 Å². The second-order valence-electron chi connectivity index (χ2n) is 5.66. The van der Waals surface area contributed by atoms with E-state index in [1.807, 2.05) is 6.07 Å². The molecule has 2 rings (SSSR count). The molecule has 1 aliphatic carbocycles. The summed E-state index contributed by atoms with van der Waals surface area (Å²) in [6.45, 7) is 4.83. The van der Waals surface area contributed by atoms with Crippen molar-refractivity contribution >= 4 is 11.6 Å². The molecule has 0 radical (unpaired) electrons. The van der Waals surface area contributed by atoms with Crippen molar-refractivity contribution in [3.05, 3.63) is 24.0 Å². The van der Waals surface area contributed by atoms with Gasteiger partial charge in [-0.2, -0.15) is 0 Å². The van der Waals surface area contributed by atoms with Gasteiger partial charge in [-0.25, -0.2) is 4.98 Å². The van der Waals surface area contributed by atoms with Crippen molar-refractivity contribution in [3.63, 3.8) is 0 Å². The minimum Gasteiger partial charge on any atom is -0.381 e. The summed E-state index contributed by atoms with van der Waals surface area (Å²) in [6.07, 6.45) is 6.83. The SMILES string of the molecule is CC(C)CNC(=O)c1ccc(NC2CCCC2)cn1. The Kier molecular flexibility index (Phi) is 4.77. The molecule has 1 amide bonds. The predicted molar refractivity (Wildman–Crippen MR) is 77.3 cm³/mol. The molecule has 0 atom stereocenters. The van der Waals surface area contributed by atoms with Crippen molar-refractivity contribution in [2.45, 2.75) is 45.6 Å². The van der Waals surface area contributed by atoms with Gasteiger partial charge in [-0.15, -0.1) is 0 Å². The van der Waals surface area contributed by atoms with E-state index >= 15 is 0 Å². The molecule has 2 N–H and O–H groups in total. The van der Waals surface area contributed by atoms with E-state index < -0.39 is 0 Å². The number of carbonyl (C=O) groups is 1. The molecule has 1 aromatic rings. The third kappa shape index (κ3) is 4.23. The van der Waals surface area contributed by atoms with E-state index in [2.05, 4.69) is 29.5 Å². The third-order valence-corrected chi connectivity index (χ3v) is 3.39. The minimum atomic E-state index is -0.0962. The molecule has 0 aliphatic heterocycles. The Hall–Kier alpha value is -1.58. The molecule has 0 bridgehead atoms. The lowest BCUT2D eigenvalue weighted by atomic mass is 10.2. The topological polar surface area (TPSA) is 54.0 Å². The van der Waals surface area contributed by atoms with Crippen LogP contribution in [0.3, 0.4) is 0 Å². The van der Waals surface area contributed by atoms with Gasteiger partial charge in [-0.1, -0.05) is 26.7 Å². The highest BCUT2D eigenvalue weighted by Gasteiger charge is 2.14. The zero-order chi connectivity index (χ0) is 13.7. The Labute approximate surface area is 115 Å². The van der Waals surface area contributed by atoms with Crippen LogP contribution in [0.15, 0.2) is 18.3 Å². The predicted octanol–water partition coefficient (Wildman–Crippen LogP) is 2.82. The lowest BCUT2D eigenvalue weighted by Gasteiger charge is -2.13. The molecule has 1 aromatic heterocycles. The van der Waals surface area contributed by atoms with Gasteiger partial charge in [0.25, 0.3) is 5.91 Å². The van der Waals surface area contributed by atoms with Crippen LogP contribution in [0.25, 0.3) is 0 Å². The molecule has 19 heavy (non-hydrogen) atoms. The molecule has 0 saturated heterocycles. The highest BCUT2D eigenvalue weighted by atomic mass is 16.1. The smallest absolute Gasteiger partial charge is 0.269 e. The average molecular weight is 261 g/mol. The third-order valence-electron chi connectivity index (χ3n) is 3.39. The molecule has 4 heteroatoms. The first-order chi connectivity index (χ1) is 9.15. The van der Waals surface area contributed by atoms with Crippen LogP contribution in [0.1, 0.15) is 50.0 Å². The number of aromatic nitrogens is 1. The minimum absolute atomic E-state index is 0.0962. The fourth-order valence-electron chi connectivity index (χ4n) is 2.31. The monoisotopic (exact) mass is 261 g/mol. The fourth-order valence-corrected chi connectivity index (χ4v) is 2.31. The Balaban J connectivity index is 1.88. The first kappa shape index (κ1) is 13.8. The summed E-state index contributed by atoms with van der Waals surface area (Å²) in [5.41, 5.74) is 1.49. The van der Waals surface area contributed by atoms with Crippen molar-refractivity contribution in [3.8, 4) is 0 Å². The van der Waals surface area contributed by atoms with Crippen molar-refractivity contribution in [1.29, 1.82) is 0 Å². The highest BCUT2D eigenvalue weighted by Crippen LogP contribution is 2.21. The van der Waals surface area contributed by atoms with Gasteiger partial charge in [0.05, 0.1) is 11.9 Å². The lowest BCUT2D eigenvalue weighted by molar-refractivity contribution is 0.0944. The van der Waals surface area contributed by atoms with Gasteiger partial charge in [-0.05, 0) is 30.9 Å². The van der Waals surface area contributed by atoms with Gasteiger partial charge < -0.3 is 10.6 Å². The Bertz CT molecular complexity index is 408. The fraction of sp³-hybridized carbons (Fsp3) is 0.600. The van der Waals surface area contributed by atoms with Crippen LogP contribution in [0, 0.1) is 5.92 Å². The summed E-state index contributed by atoms with van der Waals surface area (Å²) in [5.74, 6) is 0.355. The van der Waals surface area contributed by atoms with Crippen LogP contribution in [0.5, 0.6) is 0 Å². The molecule has 0 unspecified atom stereocenters. The Morgan fingerprint density at radius 2 is 2.11 bits per heavy atom. The number of carbonyl (C=O) groups excluding carboxylic acids is 1. The quantitative estimate of drug-likeness (QED) is 0.857. The van der Waals surface area contributed by atoms with Gasteiger partial charge in [-0.3, -0.25) is 4.79 Å². The summed E-state index contributed by atoms with van der Waals surface area (Å²) in [5, 5.41) is 6.33. The lowest BCUT2D eigenvalue weighted by Crippen LogP contribution is -2.28. The normalized spacial score (nSPS) is 15.7. The zero-order valence-corrected chi connectivity index (χ0v) is 11.8. The van der Waals surface area contributed by atoms with E-state index in [1.165, 1.54) is 25.7 Å². The number of rotatable bonds is 5. The summed E-state index contributed by atoms with van der Waals surface area (Å²) in [4.78, 5) is 16.0. The van der Waals surface area contributed by atoms with E-state index in [0.717, 1.165) is 5.69 Å². The average Bonchev–Trinajstić information content (AvgIpc) is 2.89. The molecule has 1 fully saturated rings. The molecular weight excluding hydrogens is 238 g/mol. The van der Waals surface area contributed by atoms with Crippen LogP contribution in [-0.4, -0.2) is 23.5 Å². The number of nitrogens with zero attached hydrogens (tertiary/aromatic N) is 1. The number of hydrogen-bond donors (Lipinski definition) is 2. The number of amides is 1. The van der Waals surface area contributed by atoms with E-state index in [9.17, 15) is 4.79 Å². The van der Waals surface area contributed by atoms with Gasteiger partial charge in [0.15, 0.2) is 0 Å². The Morgan fingerprint density at radius 1 is 1.37 bits per heavy atom. The van der Waals surface area contributed by atoms with Crippen LogP contribution >= 0.6 is 0 Å². The van der Waals surface area contributed by atoms with Gasteiger partial charge in [0, 0.05) is 12.6 Å². The highest BCUT2D eigenvalue weighted by molar-refractivity contribution is 5.92. The second kappa shape index (κ2) is 6.55. The molecule has 1 saturated carbocycles. The van der Waals surface area contributed by atoms with Gasteiger partial charge in [0.2, 0.25) is 0 Å². The van der Waals surface area contributed by atoms with E-state index in [0.29, 0.717) is 24.2 Å². The standard InChI is InChI=1S/C15H23N3O/c1-11(2)9-17-15(19)14-8-7-13(10-16-14)18-12-5-3-4-6-12/h7-8,10-12,18H,3-6,9H2,1-2H3,(H,17,19). The van der Waals surface area contributed by atoms with E-state index in [4.69, 9.17) is 0 Å². The van der Waals surface area contributed by atoms with Crippen LogP contribution in [0.2, 0.25) is 0 Å². The van der Waals surface area contributed by atoms with Crippen molar-refractivity contribution in [2.75, 3.05) is 11.9 Å². The van der Waals surface area contributed by atoms with Crippen LogP contribution < -0.4 is 10.6 Å². The molecule has 0 aromatic carbocycles. The molecular formula is C15H23N3O. The molecule has 0 spiro atoms. The first-order valence-corrected chi connectivity index (χ1v) is 7.16. The summed E-state index contributed by atoms with van der Waals surface area (Å²) in [6, 6.07) is 4.30.